The van der Waals surface area contributed by atoms with Crippen LogP contribution in [0.15, 0.2) is 6.07 Å². The minimum Gasteiger partial charge on any atom is -0.375 e. The summed E-state index contributed by atoms with van der Waals surface area (Å²) in [6.07, 6.45) is 7.03. The van der Waals surface area contributed by atoms with Gasteiger partial charge in [0.05, 0.1) is 4.88 Å². The van der Waals surface area contributed by atoms with E-state index in [4.69, 9.17) is 0 Å². The van der Waals surface area contributed by atoms with Gasteiger partial charge in [-0.3, -0.25) is 20.4 Å². The zero-order valence-electron chi connectivity index (χ0n) is 11.7. The molecule has 0 bridgehead atoms. The van der Waals surface area contributed by atoms with Crippen LogP contribution in [-0.4, -0.2) is 25.5 Å². The van der Waals surface area contributed by atoms with Crippen LogP contribution >= 0.6 is 11.3 Å². The van der Waals surface area contributed by atoms with Crippen molar-refractivity contribution < 1.29 is 14.3 Å². The number of methoxy groups -OCH3 is 1. The quantitative estimate of drug-likeness (QED) is 0.836. The molecule has 0 saturated heterocycles. The molecule has 1 aromatic heterocycles. The first-order valence-electron chi connectivity index (χ1n) is 6.90. The highest BCUT2D eigenvalue weighted by Crippen LogP contribution is 2.28. The summed E-state index contributed by atoms with van der Waals surface area (Å²) in [5, 5.41) is 0. The molecule has 6 heteroatoms. The third-order valence-corrected chi connectivity index (χ3v) is 4.55. The Kier molecular flexibility index (Phi) is 5.55. The van der Waals surface area contributed by atoms with E-state index in [1.54, 1.807) is 0 Å². The maximum absolute atomic E-state index is 12.0. The van der Waals surface area contributed by atoms with E-state index in [1.165, 1.54) is 54.6 Å². The van der Waals surface area contributed by atoms with E-state index in [-0.39, 0.29) is 18.4 Å². The van der Waals surface area contributed by atoms with Crippen LogP contribution in [0.25, 0.3) is 0 Å². The molecule has 0 radical (unpaired) electrons. The van der Waals surface area contributed by atoms with Gasteiger partial charge in [0.1, 0.15) is 6.61 Å². The van der Waals surface area contributed by atoms with Crippen molar-refractivity contribution in [3.05, 3.63) is 21.4 Å². The maximum atomic E-state index is 12.0. The summed E-state index contributed by atoms with van der Waals surface area (Å²) >= 11 is 1.54. The molecule has 1 aliphatic carbocycles. The second kappa shape index (κ2) is 7.40. The van der Waals surface area contributed by atoms with Gasteiger partial charge >= 0.3 is 0 Å². The van der Waals surface area contributed by atoms with E-state index < -0.39 is 0 Å². The number of rotatable bonds is 3. The number of fused-ring (bicyclic) bond motifs is 1. The second-order valence-electron chi connectivity index (χ2n) is 4.91. The summed E-state index contributed by atoms with van der Waals surface area (Å²) in [6, 6.07) is 1.96. The Labute approximate surface area is 122 Å². The number of aryl methyl sites for hydroxylation is 2. The van der Waals surface area contributed by atoms with Crippen LogP contribution in [0.3, 0.4) is 0 Å². The van der Waals surface area contributed by atoms with Crippen LogP contribution in [0.1, 0.15) is 45.8 Å². The van der Waals surface area contributed by atoms with Gasteiger partial charge in [-0.2, -0.15) is 0 Å². The van der Waals surface area contributed by atoms with Crippen molar-refractivity contribution in [1.29, 1.82) is 0 Å². The van der Waals surface area contributed by atoms with Gasteiger partial charge < -0.3 is 4.74 Å². The average molecular weight is 296 g/mol. The Morgan fingerprint density at radius 2 is 1.95 bits per heavy atom. The molecule has 20 heavy (non-hydrogen) atoms. The van der Waals surface area contributed by atoms with E-state index in [2.05, 4.69) is 15.6 Å². The minimum atomic E-state index is -0.365. The zero-order valence-corrected chi connectivity index (χ0v) is 12.5. The topological polar surface area (TPSA) is 67.4 Å². The lowest BCUT2D eigenvalue weighted by molar-refractivity contribution is -0.125. The lowest BCUT2D eigenvalue weighted by Gasteiger charge is -2.07. The van der Waals surface area contributed by atoms with E-state index in [9.17, 15) is 9.59 Å². The van der Waals surface area contributed by atoms with Crippen LogP contribution in [0.5, 0.6) is 0 Å². The number of amides is 2. The number of hydrogen-bond donors (Lipinski definition) is 2. The van der Waals surface area contributed by atoms with E-state index in [0.717, 1.165) is 12.8 Å². The van der Waals surface area contributed by atoms with Crippen LogP contribution in [0.2, 0.25) is 0 Å². The summed E-state index contributed by atoms with van der Waals surface area (Å²) in [7, 11) is 1.43. The number of thiophene rings is 1. The predicted molar refractivity (Wildman–Crippen MR) is 77.7 cm³/mol. The molecule has 2 rings (SSSR count). The van der Waals surface area contributed by atoms with Gasteiger partial charge in [-0.05, 0) is 37.3 Å². The summed E-state index contributed by atoms with van der Waals surface area (Å²) in [5.74, 6) is -0.623. The minimum absolute atomic E-state index is 0.0682. The van der Waals surface area contributed by atoms with Crippen molar-refractivity contribution in [2.45, 2.75) is 38.5 Å². The molecule has 0 atom stereocenters. The first-order chi connectivity index (χ1) is 9.70. The van der Waals surface area contributed by atoms with Crippen LogP contribution in [-0.2, 0) is 22.4 Å². The summed E-state index contributed by atoms with van der Waals surface area (Å²) in [5.41, 5.74) is 6.04. The normalized spacial score (nSPS) is 14.8. The molecule has 0 spiro atoms. The van der Waals surface area contributed by atoms with Gasteiger partial charge in [0.2, 0.25) is 0 Å². The molecule has 1 aliphatic rings. The van der Waals surface area contributed by atoms with Crippen molar-refractivity contribution in [2.24, 2.45) is 0 Å². The lowest BCUT2D eigenvalue weighted by Crippen LogP contribution is -2.42. The third-order valence-electron chi connectivity index (χ3n) is 3.31. The van der Waals surface area contributed by atoms with Gasteiger partial charge in [-0.25, -0.2) is 0 Å². The van der Waals surface area contributed by atoms with Crippen molar-refractivity contribution in [3.63, 3.8) is 0 Å². The highest BCUT2D eigenvalue weighted by Gasteiger charge is 2.16. The molecule has 0 aromatic carbocycles. The average Bonchev–Trinajstić information content (AvgIpc) is 2.79. The van der Waals surface area contributed by atoms with E-state index in [0.29, 0.717) is 4.88 Å². The van der Waals surface area contributed by atoms with Gasteiger partial charge in [-0.15, -0.1) is 11.3 Å². The third kappa shape index (κ3) is 4.05. The summed E-state index contributed by atoms with van der Waals surface area (Å²) in [4.78, 5) is 25.2. The standard InChI is InChI=1S/C14H20N2O3S/c1-19-9-13(17)15-16-14(18)12-8-10-6-4-2-3-5-7-11(10)20-12/h8H,2-7,9H2,1H3,(H,15,17)(H,16,18). The largest absolute Gasteiger partial charge is 0.375 e. The Bertz CT molecular complexity index is 459. The number of carbonyl (C=O) groups excluding carboxylic acids is 2. The molecule has 0 unspecified atom stereocenters. The van der Waals surface area contributed by atoms with Crippen LogP contribution < -0.4 is 10.9 Å². The molecular formula is C14H20N2O3S. The molecule has 2 N–H and O–H groups in total. The number of nitrogens with one attached hydrogen (secondary N) is 2. The van der Waals surface area contributed by atoms with Crippen molar-refractivity contribution in [2.75, 3.05) is 13.7 Å². The molecule has 0 aliphatic heterocycles. The van der Waals surface area contributed by atoms with Crippen LogP contribution in [0.4, 0.5) is 0 Å². The number of carbonyl (C=O) groups is 2. The Balaban J connectivity index is 1.96. The van der Waals surface area contributed by atoms with E-state index >= 15 is 0 Å². The Morgan fingerprint density at radius 1 is 1.20 bits per heavy atom. The van der Waals surface area contributed by atoms with Crippen molar-refractivity contribution in [3.8, 4) is 0 Å². The highest BCUT2D eigenvalue weighted by atomic mass is 32.1. The fourth-order valence-electron chi connectivity index (χ4n) is 2.31. The fraction of sp³-hybridized carbons (Fsp3) is 0.571. The zero-order chi connectivity index (χ0) is 14.4. The first kappa shape index (κ1) is 15.0. The van der Waals surface area contributed by atoms with Crippen molar-refractivity contribution in [1.82, 2.24) is 10.9 Å². The molecule has 0 saturated carbocycles. The van der Waals surface area contributed by atoms with Gasteiger partial charge in [0.15, 0.2) is 0 Å². The van der Waals surface area contributed by atoms with Gasteiger partial charge in [0, 0.05) is 12.0 Å². The Morgan fingerprint density at radius 3 is 2.70 bits per heavy atom. The van der Waals surface area contributed by atoms with Crippen LogP contribution in [0, 0.1) is 0 Å². The monoisotopic (exact) mass is 296 g/mol. The SMILES string of the molecule is COCC(=O)NNC(=O)c1cc2c(s1)CCCCCC2. The number of ether oxygens (including phenoxy) is 1. The lowest BCUT2D eigenvalue weighted by atomic mass is 10.00. The summed E-state index contributed by atoms with van der Waals surface area (Å²) in [6.45, 7) is -0.0682. The molecular weight excluding hydrogens is 276 g/mol. The summed E-state index contributed by atoms with van der Waals surface area (Å²) < 4.78 is 4.67. The molecule has 5 nitrogen and oxygen atoms in total. The molecule has 2 amide bonds. The molecule has 1 heterocycles. The maximum Gasteiger partial charge on any atom is 0.279 e. The highest BCUT2D eigenvalue weighted by molar-refractivity contribution is 7.14. The molecule has 1 aromatic rings. The fourth-order valence-corrected chi connectivity index (χ4v) is 3.46. The number of hydrazine groups is 1. The molecule has 0 fully saturated rings. The Hall–Kier alpha value is -1.40. The first-order valence-corrected chi connectivity index (χ1v) is 7.72. The predicted octanol–water partition coefficient (Wildman–Crippen LogP) is 1.81. The smallest absolute Gasteiger partial charge is 0.279 e. The number of hydrogen-bond acceptors (Lipinski definition) is 4. The molecule has 110 valence electrons. The van der Waals surface area contributed by atoms with Crippen molar-refractivity contribution >= 4 is 23.2 Å². The van der Waals surface area contributed by atoms with Gasteiger partial charge in [0.25, 0.3) is 11.8 Å². The van der Waals surface area contributed by atoms with Gasteiger partial charge in [-0.1, -0.05) is 12.8 Å². The second-order valence-corrected chi connectivity index (χ2v) is 6.05. The van der Waals surface area contributed by atoms with E-state index in [1.807, 2.05) is 6.07 Å².